The van der Waals surface area contributed by atoms with Crippen molar-refractivity contribution in [3.8, 4) is 0 Å². The molecule has 1 amide bonds. The van der Waals surface area contributed by atoms with Gasteiger partial charge in [-0.05, 0) is 45.1 Å². The SMILES string of the molecule is CC1(NC(=O)O[C@@H]2CC[C@H](c3cc(Nc4ccncn4)n[nH]3)C2)CC1. The van der Waals surface area contributed by atoms with Crippen molar-refractivity contribution in [2.75, 3.05) is 5.32 Å². The van der Waals surface area contributed by atoms with Crippen molar-refractivity contribution in [2.24, 2.45) is 0 Å². The van der Waals surface area contributed by atoms with Crippen LogP contribution in [0.25, 0.3) is 0 Å². The molecule has 4 rings (SSSR count). The Morgan fingerprint density at radius 3 is 3.00 bits per heavy atom. The zero-order valence-corrected chi connectivity index (χ0v) is 14.2. The van der Waals surface area contributed by atoms with Gasteiger partial charge in [-0.1, -0.05) is 0 Å². The standard InChI is InChI=1S/C17H22N6O2/c1-17(5-6-17)21-16(24)25-12-3-2-11(8-12)13-9-15(23-22-13)20-14-4-7-18-10-19-14/h4,7,9-12H,2-3,5-6,8H2,1H3,(H,21,24)(H2,18,19,20,22,23)/t11-,12+/m0/s1. The highest BCUT2D eigenvalue weighted by Crippen LogP contribution is 2.37. The lowest BCUT2D eigenvalue weighted by Crippen LogP contribution is -2.36. The van der Waals surface area contributed by atoms with Crippen LogP contribution in [0.3, 0.4) is 0 Å². The fraction of sp³-hybridized carbons (Fsp3) is 0.529. The van der Waals surface area contributed by atoms with Crippen molar-refractivity contribution in [1.29, 1.82) is 0 Å². The van der Waals surface area contributed by atoms with E-state index in [1.54, 1.807) is 12.3 Å². The van der Waals surface area contributed by atoms with E-state index in [-0.39, 0.29) is 17.7 Å². The van der Waals surface area contributed by atoms with Gasteiger partial charge in [0.25, 0.3) is 0 Å². The Morgan fingerprint density at radius 2 is 2.24 bits per heavy atom. The fourth-order valence-electron chi connectivity index (χ4n) is 3.18. The quantitative estimate of drug-likeness (QED) is 0.772. The summed E-state index contributed by atoms with van der Waals surface area (Å²) in [6, 6.07) is 3.77. The molecule has 2 aromatic heterocycles. The highest BCUT2D eigenvalue weighted by molar-refractivity contribution is 5.69. The number of alkyl carbamates (subject to hydrolysis) is 1. The van der Waals surface area contributed by atoms with Gasteiger partial charge in [-0.3, -0.25) is 5.10 Å². The van der Waals surface area contributed by atoms with Gasteiger partial charge in [0.15, 0.2) is 5.82 Å². The first kappa shape index (κ1) is 15.9. The minimum atomic E-state index is -0.290. The molecule has 2 fully saturated rings. The van der Waals surface area contributed by atoms with Crippen LogP contribution >= 0.6 is 0 Å². The number of hydrogen-bond donors (Lipinski definition) is 3. The smallest absolute Gasteiger partial charge is 0.407 e. The summed E-state index contributed by atoms with van der Waals surface area (Å²) in [6.07, 6.45) is 7.58. The molecule has 0 aliphatic heterocycles. The second-order valence-electron chi connectivity index (χ2n) is 7.15. The van der Waals surface area contributed by atoms with E-state index in [1.165, 1.54) is 6.33 Å². The molecule has 0 spiro atoms. The van der Waals surface area contributed by atoms with Crippen LogP contribution in [0.2, 0.25) is 0 Å². The lowest BCUT2D eigenvalue weighted by molar-refractivity contribution is 0.0967. The summed E-state index contributed by atoms with van der Waals surface area (Å²) < 4.78 is 5.56. The number of anilines is 2. The van der Waals surface area contributed by atoms with Gasteiger partial charge in [0.2, 0.25) is 0 Å². The van der Waals surface area contributed by atoms with Gasteiger partial charge < -0.3 is 15.4 Å². The molecular formula is C17H22N6O2. The van der Waals surface area contributed by atoms with Crippen molar-refractivity contribution >= 4 is 17.7 Å². The van der Waals surface area contributed by atoms with E-state index in [4.69, 9.17) is 4.74 Å². The Kier molecular flexibility index (Phi) is 4.03. The van der Waals surface area contributed by atoms with Crippen LogP contribution in [0.15, 0.2) is 24.7 Å². The van der Waals surface area contributed by atoms with Crippen molar-refractivity contribution < 1.29 is 9.53 Å². The summed E-state index contributed by atoms with van der Waals surface area (Å²) in [5.41, 5.74) is 1.01. The molecule has 2 aliphatic rings. The molecule has 8 heteroatoms. The number of ether oxygens (including phenoxy) is 1. The summed E-state index contributed by atoms with van der Waals surface area (Å²) in [4.78, 5) is 19.9. The van der Waals surface area contributed by atoms with Gasteiger partial charge in [0, 0.05) is 29.4 Å². The molecule has 0 unspecified atom stereocenters. The number of carbonyl (C=O) groups excluding carboxylic acids is 1. The third-order valence-corrected chi connectivity index (χ3v) is 4.94. The van der Waals surface area contributed by atoms with Crippen LogP contribution in [0.4, 0.5) is 16.4 Å². The van der Waals surface area contributed by atoms with Gasteiger partial charge in [-0.15, -0.1) is 0 Å². The Labute approximate surface area is 145 Å². The molecule has 8 nitrogen and oxygen atoms in total. The zero-order valence-electron chi connectivity index (χ0n) is 14.2. The maximum atomic E-state index is 11.9. The summed E-state index contributed by atoms with van der Waals surface area (Å²) in [5.74, 6) is 1.74. The number of amides is 1. The van der Waals surface area contributed by atoms with E-state index >= 15 is 0 Å². The molecule has 0 saturated heterocycles. The Hall–Kier alpha value is -2.64. The maximum absolute atomic E-state index is 11.9. The van der Waals surface area contributed by atoms with Crippen LogP contribution in [-0.4, -0.2) is 37.9 Å². The molecule has 0 aromatic carbocycles. The minimum absolute atomic E-state index is 0.0334. The van der Waals surface area contributed by atoms with Gasteiger partial charge in [0.1, 0.15) is 18.2 Å². The fourth-order valence-corrected chi connectivity index (χ4v) is 3.18. The van der Waals surface area contributed by atoms with E-state index in [9.17, 15) is 4.79 Å². The molecule has 132 valence electrons. The number of nitrogens with zero attached hydrogens (tertiary/aromatic N) is 3. The summed E-state index contributed by atoms with van der Waals surface area (Å²) in [5, 5.41) is 13.4. The normalized spacial score (nSPS) is 23.9. The molecule has 2 atom stereocenters. The lowest BCUT2D eigenvalue weighted by Gasteiger charge is -2.16. The molecular weight excluding hydrogens is 320 g/mol. The van der Waals surface area contributed by atoms with E-state index < -0.39 is 0 Å². The summed E-state index contributed by atoms with van der Waals surface area (Å²) in [7, 11) is 0. The lowest BCUT2D eigenvalue weighted by atomic mass is 10.0. The second kappa shape index (κ2) is 6.34. The van der Waals surface area contributed by atoms with Crippen LogP contribution in [0.1, 0.15) is 50.6 Å². The molecule has 2 aliphatic carbocycles. The average Bonchev–Trinajstić information content (AvgIpc) is 3.00. The number of aromatic amines is 1. The van der Waals surface area contributed by atoms with Crippen molar-refractivity contribution in [3.63, 3.8) is 0 Å². The van der Waals surface area contributed by atoms with Gasteiger partial charge >= 0.3 is 6.09 Å². The van der Waals surface area contributed by atoms with Crippen molar-refractivity contribution in [1.82, 2.24) is 25.5 Å². The number of carbonyl (C=O) groups is 1. The highest BCUT2D eigenvalue weighted by Gasteiger charge is 2.40. The molecule has 0 bridgehead atoms. The number of hydrogen-bond acceptors (Lipinski definition) is 6. The largest absolute Gasteiger partial charge is 0.446 e. The topological polar surface area (TPSA) is 105 Å². The van der Waals surface area contributed by atoms with Crippen LogP contribution < -0.4 is 10.6 Å². The molecule has 25 heavy (non-hydrogen) atoms. The maximum Gasteiger partial charge on any atom is 0.407 e. The minimum Gasteiger partial charge on any atom is -0.446 e. The Bertz CT molecular complexity index is 743. The molecule has 2 aromatic rings. The summed E-state index contributed by atoms with van der Waals surface area (Å²) in [6.45, 7) is 2.04. The number of nitrogens with one attached hydrogen (secondary N) is 3. The third kappa shape index (κ3) is 3.89. The monoisotopic (exact) mass is 342 g/mol. The number of H-pyrrole nitrogens is 1. The second-order valence-corrected chi connectivity index (χ2v) is 7.15. The Morgan fingerprint density at radius 1 is 1.36 bits per heavy atom. The van der Waals surface area contributed by atoms with Crippen LogP contribution in [-0.2, 0) is 4.74 Å². The van der Waals surface area contributed by atoms with Gasteiger partial charge in [0.05, 0.1) is 0 Å². The van der Waals surface area contributed by atoms with Crippen LogP contribution in [0.5, 0.6) is 0 Å². The number of aromatic nitrogens is 4. The van der Waals surface area contributed by atoms with Gasteiger partial charge in [-0.2, -0.15) is 5.10 Å². The van der Waals surface area contributed by atoms with E-state index in [0.717, 1.165) is 43.6 Å². The van der Waals surface area contributed by atoms with Crippen molar-refractivity contribution in [3.05, 3.63) is 30.4 Å². The Balaban J connectivity index is 1.30. The average molecular weight is 342 g/mol. The molecule has 3 N–H and O–H groups in total. The molecule has 0 radical (unpaired) electrons. The van der Waals surface area contributed by atoms with Crippen molar-refractivity contribution in [2.45, 2.75) is 56.6 Å². The third-order valence-electron chi connectivity index (χ3n) is 4.94. The van der Waals surface area contributed by atoms with Crippen LogP contribution in [0, 0.1) is 0 Å². The summed E-state index contributed by atoms with van der Waals surface area (Å²) >= 11 is 0. The van der Waals surface area contributed by atoms with E-state index in [2.05, 4.69) is 30.8 Å². The first-order valence-electron chi connectivity index (χ1n) is 8.67. The van der Waals surface area contributed by atoms with E-state index in [0.29, 0.717) is 11.7 Å². The zero-order chi connectivity index (χ0) is 17.3. The van der Waals surface area contributed by atoms with E-state index in [1.807, 2.05) is 13.0 Å². The van der Waals surface area contributed by atoms with Gasteiger partial charge in [-0.25, -0.2) is 14.8 Å². The highest BCUT2D eigenvalue weighted by atomic mass is 16.6. The number of rotatable bonds is 5. The predicted octanol–water partition coefficient (Wildman–Crippen LogP) is 2.86. The molecule has 2 heterocycles. The first-order valence-corrected chi connectivity index (χ1v) is 8.67. The predicted molar refractivity (Wildman–Crippen MR) is 91.5 cm³/mol. The molecule has 2 saturated carbocycles. The first-order chi connectivity index (χ1) is 12.1.